The number of nitrogens with zero attached hydrogens (tertiary/aromatic N) is 1. The van der Waals surface area contributed by atoms with Crippen LogP contribution in [0.5, 0.6) is 0 Å². The van der Waals surface area contributed by atoms with Crippen LogP contribution < -0.4 is 0 Å². The van der Waals surface area contributed by atoms with Crippen LogP contribution in [0, 0.1) is 5.92 Å². The van der Waals surface area contributed by atoms with Crippen LogP contribution in [0.2, 0.25) is 0 Å². The Morgan fingerprint density at radius 3 is 1.88 bits per heavy atom. The molecule has 0 N–H and O–H groups in total. The molecule has 0 amide bonds. The average Bonchev–Trinajstić information content (AvgIpc) is 2.65. The fourth-order valence-electron chi connectivity index (χ4n) is 4.02. The molecule has 0 aromatic heterocycles. The van der Waals surface area contributed by atoms with Crippen molar-refractivity contribution in [3.05, 3.63) is 71.8 Å². The van der Waals surface area contributed by atoms with E-state index in [9.17, 15) is 4.79 Å². The van der Waals surface area contributed by atoms with Gasteiger partial charge in [0.2, 0.25) is 0 Å². The molecule has 132 valence electrons. The highest BCUT2D eigenvalue weighted by molar-refractivity contribution is 5.85. The zero-order valence-corrected chi connectivity index (χ0v) is 15.0. The molecule has 4 heteroatoms. The SMILES string of the molecule is Cl.O=C(OC1CN2CCC1CC2)C(c1ccccc1)c1ccccc1. The van der Waals surface area contributed by atoms with E-state index in [-0.39, 0.29) is 30.4 Å². The van der Waals surface area contributed by atoms with E-state index >= 15 is 0 Å². The number of rotatable bonds is 4. The number of carbonyl (C=O) groups excluding carboxylic acids is 1. The lowest BCUT2D eigenvalue weighted by atomic mass is 9.85. The molecule has 25 heavy (non-hydrogen) atoms. The van der Waals surface area contributed by atoms with Gasteiger partial charge in [0.25, 0.3) is 0 Å². The van der Waals surface area contributed by atoms with Gasteiger partial charge in [-0.15, -0.1) is 12.4 Å². The molecule has 0 radical (unpaired) electrons. The highest BCUT2D eigenvalue weighted by Gasteiger charge is 2.38. The Morgan fingerprint density at radius 1 is 0.920 bits per heavy atom. The minimum absolute atomic E-state index is 0. The van der Waals surface area contributed by atoms with Gasteiger partial charge in [-0.2, -0.15) is 0 Å². The number of halogens is 1. The van der Waals surface area contributed by atoms with Gasteiger partial charge >= 0.3 is 5.97 Å². The maximum Gasteiger partial charge on any atom is 0.318 e. The van der Waals surface area contributed by atoms with Crippen LogP contribution in [0.4, 0.5) is 0 Å². The Kier molecular flexibility index (Phi) is 5.77. The van der Waals surface area contributed by atoms with Crippen molar-refractivity contribution < 1.29 is 9.53 Å². The van der Waals surface area contributed by atoms with Crippen LogP contribution >= 0.6 is 12.4 Å². The zero-order chi connectivity index (χ0) is 16.4. The number of benzene rings is 2. The molecule has 3 fully saturated rings. The van der Waals surface area contributed by atoms with Gasteiger partial charge in [-0.25, -0.2) is 0 Å². The Bertz CT molecular complexity index is 644. The molecule has 3 saturated heterocycles. The summed E-state index contributed by atoms with van der Waals surface area (Å²) in [5.41, 5.74) is 1.99. The van der Waals surface area contributed by atoms with Crippen LogP contribution in [-0.2, 0) is 9.53 Å². The highest BCUT2D eigenvalue weighted by Crippen LogP contribution is 2.32. The van der Waals surface area contributed by atoms with E-state index in [0.29, 0.717) is 5.92 Å². The Morgan fingerprint density at radius 2 is 1.44 bits per heavy atom. The lowest BCUT2D eigenvalue weighted by molar-refractivity contribution is -0.159. The van der Waals surface area contributed by atoms with E-state index in [2.05, 4.69) is 4.90 Å². The summed E-state index contributed by atoms with van der Waals surface area (Å²) in [4.78, 5) is 15.5. The first-order valence-corrected chi connectivity index (χ1v) is 8.84. The molecule has 1 atom stereocenters. The highest BCUT2D eigenvalue weighted by atomic mass is 35.5. The van der Waals surface area contributed by atoms with Gasteiger partial charge in [-0.3, -0.25) is 9.69 Å². The van der Waals surface area contributed by atoms with Crippen molar-refractivity contribution in [1.29, 1.82) is 0 Å². The first-order valence-electron chi connectivity index (χ1n) is 8.84. The van der Waals surface area contributed by atoms with E-state index in [4.69, 9.17) is 4.74 Å². The molecule has 3 aliphatic heterocycles. The fourth-order valence-corrected chi connectivity index (χ4v) is 4.02. The topological polar surface area (TPSA) is 29.5 Å². The van der Waals surface area contributed by atoms with Crippen molar-refractivity contribution >= 4 is 18.4 Å². The molecule has 5 rings (SSSR count). The largest absolute Gasteiger partial charge is 0.460 e. The van der Waals surface area contributed by atoms with Crippen molar-refractivity contribution in [2.45, 2.75) is 24.9 Å². The van der Waals surface area contributed by atoms with Gasteiger partial charge in [0, 0.05) is 6.54 Å². The normalized spacial score (nSPS) is 24.6. The third-order valence-electron chi connectivity index (χ3n) is 5.37. The molecular weight excluding hydrogens is 334 g/mol. The Balaban J connectivity index is 0.00000182. The second-order valence-corrected chi connectivity index (χ2v) is 6.87. The van der Waals surface area contributed by atoms with Gasteiger partial charge in [0.05, 0.1) is 0 Å². The summed E-state index contributed by atoms with van der Waals surface area (Å²) in [6.45, 7) is 3.20. The quantitative estimate of drug-likeness (QED) is 0.778. The lowest BCUT2D eigenvalue weighted by Crippen LogP contribution is -2.52. The van der Waals surface area contributed by atoms with Crippen molar-refractivity contribution in [3.8, 4) is 0 Å². The number of fused-ring (bicyclic) bond motifs is 3. The summed E-state index contributed by atoms with van der Waals surface area (Å²) in [6.07, 6.45) is 2.35. The minimum atomic E-state index is -0.345. The first kappa shape index (κ1) is 18.0. The first-order chi connectivity index (χ1) is 11.8. The Hall–Kier alpha value is -1.84. The van der Waals surface area contributed by atoms with Gasteiger partial charge in [-0.05, 0) is 43.0 Å². The molecule has 0 aliphatic carbocycles. The van der Waals surface area contributed by atoms with E-state index in [1.807, 2.05) is 60.7 Å². The van der Waals surface area contributed by atoms with Crippen LogP contribution in [0.25, 0.3) is 0 Å². The fraction of sp³-hybridized carbons (Fsp3) is 0.381. The van der Waals surface area contributed by atoms with E-state index < -0.39 is 0 Å². The molecule has 0 spiro atoms. The van der Waals surface area contributed by atoms with Crippen LogP contribution in [-0.4, -0.2) is 36.6 Å². The second-order valence-electron chi connectivity index (χ2n) is 6.87. The summed E-state index contributed by atoms with van der Waals surface area (Å²) < 4.78 is 6.02. The molecule has 2 bridgehead atoms. The summed E-state index contributed by atoms with van der Waals surface area (Å²) >= 11 is 0. The number of hydrogen-bond donors (Lipinski definition) is 0. The minimum Gasteiger partial charge on any atom is -0.460 e. The molecule has 3 nitrogen and oxygen atoms in total. The number of carbonyl (C=O) groups is 1. The van der Waals surface area contributed by atoms with E-state index in [0.717, 1.165) is 43.6 Å². The number of piperidine rings is 3. The van der Waals surface area contributed by atoms with Crippen LogP contribution in [0.3, 0.4) is 0 Å². The smallest absolute Gasteiger partial charge is 0.318 e. The monoisotopic (exact) mass is 357 g/mol. The summed E-state index contributed by atoms with van der Waals surface area (Å²) in [5, 5.41) is 0. The van der Waals surface area contributed by atoms with Crippen molar-refractivity contribution in [3.63, 3.8) is 0 Å². The average molecular weight is 358 g/mol. The second kappa shape index (κ2) is 8.03. The molecule has 3 aliphatic rings. The lowest BCUT2D eigenvalue weighted by Gasteiger charge is -2.44. The third kappa shape index (κ3) is 3.88. The molecular formula is C21H24ClNO2. The summed E-state index contributed by atoms with van der Waals surface area (Å²) in [6, 6.07) is 19.9. The van der Waals surface area contributed by atoms with Crippen molar-refractivity contribution in [2.75, 3.05) is 19.6 Å². The van der Waals surface area contributed by atoms with Gasteiger partial charge < -0.3 is 4.74 Å². The summed E-state index contributed by atoms with van der Waals surface area (Å²) in [5.74, 6) is 0.0696. The molecule has 2 aromatic carbocycles. The predicted molar refractivity (Wildman–Crippen MR) is 101 cm³/mol. The molecule has 2 aromatic rings. The Labute approximate surface area is 155 Å². The number of esters is 1. The van der Waals surface area contributed by atoms with E-state index in [1.54, 1.807) is 0 Å². The van der Waals surface area contributed by atoms with Gasteiger partial charge in [0.15, 0.2) is 0 Å². The zero-order valence-electron chi connectivity index (χ0n) is 14.2. The van der Waals surface area contributed by atoms with Crippen LogP contribution in [0.1, 0.15) is 29.9 Å². The number of ether oxygens (including phenoxy) is 1. The number of hydrogen-bond acceptors (Lipinski definition) is 3. The van der Waals surface area contributed by atoms with Gasteiger partial charge in [-0.1, -0.05) is 60.7 Å². The van der Waals surface area contributed by atoms with E-state index in [1.165, 1.54) is 0 Å². The maximum absolute atomic E-state index is 13.0. The third-order valence-corrected chi connectivity index (χ3v) is 5.37. The predicted octanol–water partition coefficient (Wildman–Crippen LogP) is 3.88. The molecule has 1 unspecified atom stereocenters. The van der Waals surface area contributed by atoms with Crippen molar-refractivity contribution in [2.24, 2.45) is 5.92 Å². The van der Waals surface area contributed by atoms with Crippen molar-refractivity contribution in [1.82, 2.24) is 4.90 Å². The summed E-state index contributed by atoms with van der Waals surface area (Å²) in [7, 11) is 0. The maximum atomic E-state index is 13.0. The van der Waals surface area contributed by atoms with Gasteiger partial charge in [0.1, 0.15) is 12.0 Å². The van der Waals surface area contributed by atoms with Crippen LogP contribution in [0.15, 0.2) is 60.7 Å². The standard InChI is InChI=1S/C21H23NO2.ClH/c23-21(24-19-15-22-13-11-16(19)12-14-22)20(17-7-3-1-4-8-17)18-9-5-2-6-10-18;/h1-10,16,19-20H,11-15H2;1H. The molecule has 0 saturated carbocycles. The molecule has 3 heterocycles.